The van der Waals surface area contributed by atoms with E-state index in [2.05, 4.69) is 15.2 Å². The molecule has 4 rings (SSSR count). The molecule has 2 amide bonds. The molecule has 0 atom stereocenters. The van der Waals surface area contributed by atoms with E-state index in [0.717, 1.165) is 31.3 Å². The number of halogens is 2. The lowest BCUT2D eigenvalue weighted by molar-refractivity contribution is 0.143. The number of ether oxygens (including phenoxy) is 1. The second-order valence-corrected chi connectivity index (χ2v) is 7.61. The molecule has 1 saturated heterocycles. The molecule has 166 valence electrons. The lowest BCUT2D eigenvalue weighted by Gasteiger charge is -2.34. The Bertz CT molecular complexity index is 1060. The lowest BCUT2D eigenvalue weighted by atomic mass is 10.2. The van der Waals surface area contributed by atoms with E-state index in [9.17, 15) is 13.6 Å². The smallest absolute Gasteiger partial charge is 0.321 e. The quantitative estimate of drug-likeness (QED) is 0.624. The first-order valence-corrected chi connectivity index (χ1v) is 10.4. The number of anilines is 1. The van der Waals surface area contributed by atoms with Gasteiger partial charge in [0.2, 0.25) is 0 Å². The van der Waals surface area contributed by atoms with Crippen LogP contribution in [-0.4, -0.2) is 47.0 Å². The van der Waals surface area contributed by atoms with Gasteiger partial charge in [0.25, 0.3) is 0 Å². The fourth-order valence-corrected chi connectivity index (χ4v) is 3.54. The highest BCUT2D eigenvalue weighted by Crippen LogP contribution is 2.19. The lowest BCUT2D eigenvalue weighted by Crippen LogP contribution is -2.49. The van der Waals surface area contributed by atoms with Crippen molar-refractivity contribution < 1.29 is 18.3 Å². The topological polar surface area (TPSA) is 57.7 Å². The van der Waals surface area contributed by atoms with Gasteiger partial charge in [-0.15, -0.1) is 0 Å². The minimum Gasteiger partial charge on any atom is -0.489 e. The molecule has 0 aliphatic carbocycles. The summed E-state index contributed by atoms with van der Waals surface area (Å²) in [6.45, 7) is 3.53. The monoisotopic (exact) mass is 438 g/mol. The standard InChI is InChI=1S/C24H24F2N4O2/c25-20-7-6-19(23(26)14-20)17-32-22-5-1-3-18(13-22)16-29-9-11-30(12-10-29)24(31)28-21-4-2-8-27-15-21/h1-8,13-15H,9-12,16-17H2,(H,28,31). The van der Waals surface area contributed by atoms with Gasteiger partial charge in [0, 0.05) is 50.6 Å². The van der Waals surface area contributed by atoms with Crippen LogP contribution in [0.1, 0.15) is 11.1 Å². The predicted octanol–water partition coefficient (Wildman–Crippen LogP) is 4.29. The molecule has 3 aromatic rings. The third-order valence-corrected chi connectivity index (χ3v) is 5.29. The van der Waals surface area contributed by atoms with E-state index in [-0.39, 0.29) is 12.6 Å². The Hall–Kier alpha value is -3.52. The van der Waals surface area contributed by atoms with E-state index >= 15 is 0 Å². The van der Waals surface area contributed by atoms with E-state index in [1.807, 2.05) is 24.3 Å². The first-order valence-electron chi connectivity index (χ1n) is 10.4. The van der Waals surface area contributed by atoms with Crippen LogP contribution in [0.2, 0.25) is 0 Å². The molecule has 32 heavy (non-hydrogen) atoms. The van der Waals surface area contributed by atoms with Crippen LogP contribution in [0.25, 0.3) is 0 Å². The highest BCUT2D eigenvalue weighted by molar-refractivity contribution is 5.89. The van der Waals surface area contributed by atoms with Crippen molar-refractivity contribution >= 4 is 11.7 Å². The van der Waals surface area contributed by atoms with E-state index in [4.69, 9.17) is 4.74 Å². The predicted molar refractivity (Wildman–Crippen MR) is 117 cm³/mol. The summed E-state index contributed by atoms with van der Waals surface area (Å²) >= 11 is 0. The van der Waals surface area contributed by atoms with Crippen molar-refractivity contribution in [2.75, 3.05) is 31.5 Å². The minimum atomic E-state index is -0.619. The van der Waals surface area contributed by atoms with Crippen molar-refractivity contribution in [3.8, 4) is 5.75 Å². The maximum absolute atomic E-state index is 13.8. The fourth-order valence-electron chi connectivity index (χ4n) is 3.54. The maximum atomic E-state index is 13.8. The van der Waals surface area contributed by atoms with E-state index in [1.165, 1.54) is 12.1 Å². The Morgan fingerprint density at radius 2 is 1.88 bits per heavy atom. The van der Waals surface area contributed by atoms with Crippen molar-refractivity contribution in [2.45, 2.75) is 13.2 Å². The molecule has 0 unspecified atom stereocenters. The normalized spacial score (nSPS) is 14.2. The molecule has 8 heteroatoms. The van der Waals surface area contributed by atoms with Crippen LogP contribution in [0, 0.1) is 11.6 Å². The number of carbonyl (C=O) groups is 1. The number of hydrogen-bond acceptors (Lipinski definition) is 4. The Labute approximate surface area is 185 Å². The maximum Gasteiger partial charge on any atom is 0.321 e. The highest BCUT2D eigenvalue weighted by Gasteiger charge is 2.21. The Morgan fingerprint density at radius 3 is 2.62 bits per heavy atom. The van der Waals surface area contributed by atoms with Crippen molar-refractivity contribution in [1.82, 2.24) is 14.8 Å². The number of carbonyl (C=O) groups excluding carboxylic acids is 1. The van der Waals surface area contributed by atoms with Crippen LogP contribution in [0.4, 0.5) is 19.3 Å². The van der Waals surface area contributed by atoms with Gasteiger partial charge < -0.3 is 15.0 Å². The number of amides is 2. The van der Waals surface area contributed by atoms with Gasteiger partial charge in [-0.2, -0.15) is 0 Å². The highest BCUT2D eigenvalue weighted by atomic mass is 19.1. The summed E-state index contributed by atoms with van der Waals surface area (Å²) in [6, 6.07) is 14.5. The molecular weight excluding hydrogens is 414 g/mol. The number of nitrogens with zero attached hydrogens (tertiary/aromatic N) is 3. The summed E-state index contributed by atoms with van der Waals surface area (Å²) in [7, 11) is 0. The van der Waals surface area contributed by atoms with Gasteiger partial charge in [0.05, 0.1) is 11.9 Å². The summed E-state index contributed by atoms with van der Waals surface area (Å²) in [4.78, 5) is 20.5. The summed E-state index contributed by atoms with van der Waals surface area (Å²) in [5.41, 5.74) is 2.05. The number of pyridine rings is 1. The molecule has 1 aromatic heterocycles. The number of hydrogen-bond donors (Lipinski definition) is 1. The molecule has 0 spiro atoms. The SMILES string of the molecule is O=C(Nc1cccnc1)N1CCN(Cc2cccc(OCc3ccc(F)cc3F)c2)CC1. The van der Waals surface area contributed by atoms with Gasteiger partial charge in [-0.3, -0.25) is 9.88 Å². The number of urea groups is 1. The number of benzene rings is 2. The molecular formula is C24H24F2N4O2. The molecule has 0 radical (unpaired) electrons. The molecule has 2 aromatic carbocycles. The number of nitrogens with one attached hydrogen (secondary N) is 1. The zero-order valence-corrected chi connectivity index (χ0v) is 17.5. The van der Waals surface area contributed by atoms with Crippen LogP contribution in [0.5, 0.6) is 5.75 Å². The average Bonchev–Trinajstić information content (AvgIpc) is 2.80. The van der Waals surface area contributed by atoms with Crippen LogP contribution in [-0.2, 0) is 13.2 Å². The Kier molecular flexibility index (Phi) is 6.91. The van der Waals surface area contributed by atoms with Gasteiger partial charge in [0.1, 0.15) is 24.0 Å². The van der Waals surface area contributed by atoms with E-state index in [1.54, 1.807) is 29.4 Å². The average molecular weight is 438 g/mol. The molecule has 1 fully saturated rings. The van der Waals surface area contributed by atoms with E-state index < -0.39 is 11.6 Å². The molecule has 1 aliphatic rings. The van der Waals surface area contributed by atoms with Crippen LogP contribution in [0.15, 0.2) is 67.0 Å². The molecule has 2 heterocycles. The first kappa shape index (κ1) is 21.7. The second kappa shape index (κ2) is 10.2. The van der Waals surface area contributed by atoms with Crippen molar-refractivity contribution in [3.63, 3.8) is 0 Å². The van der Waals surface area contributed by atoms with Crippen molar-refractivity contribution in [3.05, 3.63) is 89.8 Å². The molecule has 1 N–H and O–H groups in total. The third-order valence-electron chi connectivity index (χ3n) is 5.29. The largest absolute Gasteiger partial charge is 0.489 e. The van der Waals surface area contributed by atoms with Crippen LogP contribution in [0.3, 0.4) is 0 Å². The number of piperazine rings is 1. The van der Waals surface area contributed by atoms with E-state index in [0.29, 0.717) is 30.1 Å². The Morgan fingerprint density at radius 1 is 1.03 bits per heavy atom. The number of aromatic nitrogens is 1. The summed E-state index contributed by atoms with van der Waals surface area (Å²) in [6.07, 6.45) is 3.28. The van der Waals surface area contributed by atoms with Crippen molar-refractivity contribution in [1.29, 1.82) is 0 Å². The van der Waals surface area contributed by atoms with Crippen LogP contribution >= 0.6 is 0 Å². The van der Waals surface area contributed by atoms with Crippen molar-refractivity contribution in [2.24, 2.45) is 0 Å². The molecule has 1 aliphatic heterocycles. The molecule has 0 bridgehead atoms. The molecule has 6 nitrogen and oxygen atoms in total. The second-order valence-electron chi connectivity index (χ2n) is 7.61. The minimum absolute atomic E-state index is 0.0281. The first-order chi connectivity index (χ1) is 15.6. The van der Waals surface area contributed by atoms with Gasteiger partial charge >= 0.3 is 6.03 Å². The molecule has 0 saturated carbocycles. The third kappa shape index (κ3) is 5.79. The summed E-state index contributed by atoms with van der Waals surface area (Å²) < 4.78 is 32.5. The Balaban J connectivity index is 1.26. The van der Waals surface area contributed by atoms with Crippen LogP contribution < -0.4 is 10.1 Å². The van der Waals surface area contributed by atoms with Gasteiger partial charge in [0.15, 0.2) is 0 Å². The fraction of sp³-hybridized carbons (Fsp3) is 0.250. The number of rotatable bonds is 6. The zero-order valence-electron chi connectivity index (χ0n) is 17.5. The van der Waals surface area contributed by atoms with Gasteiger partial charge in [-0.1, -0.05) is 12.1 Å². The van der Waals surface area contributed by atoms with Gasteiger partial charge in [-0.05, 0) is 42.0 Å². The summed E-state index contributed by atoms with van der Waals surface area (Å²) in [5.74, 6) is -0.602. The van der Waals surface area contributed by atoms with Gasteiger partial charge in [-0.25, -0.2) is 13.6 Å². The zero-order chi connectivity index (χ0) is 22.3. The summed E-state index contributed by atoms with van der Waals surface area (Å²) in [5, 5.41) is 2.86.